The second kappa shape index (κ2) is 6.16. The molecule has 0 spiro atoms. The van der Waals surface area contributed by atoms with Crippen LogP contribution in [-0.2, 0) is 6.54 Å². The number of aromatic nitrogens is 2. The van der Waals surface area contributed by atoms with E-state index < -0.39 is 0 Å². The van der Waals surface area contributed by atoms with Gasteiger partial charge in [0.05, 0.1) is 17.2 Å². The Morgan fingerprint density at radius 1 is 1.04 bits per heavy atom. The number of hydrogen-bond donors (Lipinski definition) is 1. The van der Waals surface area contributed by atoms with Crippen LogP contribution in [0.1, 0.15) is 16.1 Å². The molecule has 0 atom stereocenters. The van der Waals surface area contributed by atoms with Crippen molar-refractivity contribution in [2.45, 2.75) is 6.54 Å². The molecule has 1 amide bonds. The minimum Gasteiger partial charge on any atom is -0.486 e. The predicted molar refractivity (Wildman–Crippen MR) is 88.1 cm³/mol. The number of nitrogens with one attached hydrogen (secondary N) is 1. The fourth-order valence-corrected chi connectivity index (χ4v) is 2.54. The second-order valence-corrected chi connectivity index (χ2v) is 5.40. The topological polar surface area (TPSA) is 73.3 Å². The van der Waals surface area contributed by atoms with Gasteiger partial charge >= 0.3 is 0 Å². The first-order chi connectivity index (χ1) is 11.8. The third-order valence-electron chi connectivity index (χ3n) is 3.74. The van der Waals surface area contributed by atoms with Gasteiger partial charge in [-0.25, -0.2) is 4.98 Å². The Balaban J connectivity index is 1.47. The normalized spacial score (nSPS) is 12.8. The SMILES string of the molecule is O=C(NCc1ccc2c(c1)OCCO2)c1cnc2ccccc2n1. The Kier molecular flexibility index (Phi) is 3.70. The smallest absolute Gasteiger partial charge is 0.271 e. The summed E-state index contributed by atoms with van der Waals surface area (Å²) in [6.45, 7) is 1.48. The highest BCUT2D eigenvalue weighted by Gasteiger charge is 2.13. The highest BCUT2D eigenvalue weighted by Crippen LogP contribution is 2.30. The van der Waals surface area contributed by atoms with Gasteiger partial charge < -0.3 is 14.8 Å². The van der Waals surface area contributed by atoms with Crippen molar-refractivity contribution in [1.29, 1.82) is 0 Å². The standard InChI is InChI=1S/C18H15N3O3/c22-18(15-11-19-13-3-1-2-4-14(13)21-15)20-10-12-5-6-16-17(9-12)24-8-7-23-16/h1-6,9,11H,7-8,10H2,(H,20,22). The molecule has 6 nitrogen and oxygen atoms in total. The Labute approximate surface area is 138 Å². The summed E-state index contributed by atoms with van der Waals surface area (Å²) in [5.74, 6) is 1.18. The lowest BCUT2D eigenvalue weighted by Gasteiger charge is -2.18. The maximum absolute atomic E-state index is 12.3. The van der Waals surface area contributed by atoms with E-state index in [2.05, 4.69) is 15.3 Å². The van der Waals surface area contributed by atoms with E-state index in [1.165, 1.54) is 6.20 Å². The van der Waals surface area contributed by atoms with E-state index in [0.717, 1.165) is 16.8 Å². The molecule has 0 fully saturated rings. The molecule has 1 aliphatic rings. The van der Waals surface area contributed by atoms with E-state index in [4.69, 9.17) is 9.47 Å². The van der Waals surface area contributed by atoms with Gasteiger partial charge in [0.15, 0.2) is 11.5 Å². The van der Waals surface area contributed by atoms with E-state index in [-0.39, 0.29) is 5.91 Å². The Morgan fingerprint density at radius 2 is 1.83 bits per heavy atom. The van der Waals surface area contributed by atoms with Gasteiger partial charge in [-0.05, 0) is 29.8 Å². The molecular weight excluding hydrogens is 306 g/mol. The first kappa shape index (κ1) is 14.4. The van der Waals surface area contributed by atoms with Crippen molar-refractivity contribution in [3.05, 3.63) is 59.9 Å². The molecule has 2 heterocycles. The van der Waals surface area contributed by atoms with Gasteiger partial charge in [-0.3, -0.25) is 9.78 Å². The zero-order chi connectivity index (χ0) is 16.4. The average molecular weight is 321 g/mol. The molecule has 1 N–H and O–H groups in total. The molecule has 24 heavy (non-hydrogen) atoms. The van der Waals surface area contributed by atoms with Gasteiger partial charge in [-0.2, -0.15) is 0 Å². The summed E-state index contributed by atoms with van der Waals surface area (Å²) >= 11 is 0. The van der Waals surface area contributed by atoms with Crippen molar-refractivity contribution < 1.29 is 14.3 Å². The van der Waals surface area contributed by atoms with Crippen molar-refractivity contribution in [2.24, 2.45) is 0 Å². The molecule has 3 aromatic rings. The van der Waals surface area contributed by atoms with Crippen molar-refractivity contribution in [3.63, 3.8) is 0 Å². The number of ether oxygens (including phenoxy) is 2. The first-order valence-corrected chi connectivity index (χ1v) is 7.68. The van der Waals surface area contributed by atoms with Gasteiger partial charge in [0.2, 0.25) is 0 Å². The van der Waals surface area contributed by atoms with Crippen molar-refractivity contribution in [2.75, 3.05) is 13.2 Å². The number of hydrogen-bond acceptors (Lipinski definition) is 5. The van der Waals surface area contributed by atoms with Crippen LogP contribution in [0.15, 0.2) is 48.7 Å². The van der Waals surface area contributed by atoms with Gasteiger partial charge in [0.25, 0.3) is 5.91 Å². The van der Waals surface area contributed by atoms with E-state index >= 15 is 0 Å². The molecular formula is C18H15N3O3. The molecule has 2 aromatic carbocycles. The number of fused-ring (bicyclic) bond motifs is 2. The quantitative estimate of drug-likeness (QED) is 0.801. The number of carbonyl (C=O) groups is 1. The molecule has 0 unspecified atom stereocenters. The van der Waals surface area contributed by atoms with Gasteiger partial charge in [-0.1, -0.05) is 18.2 Å². The Hall–Kier alpha value is -3.15. The molecule has 0 saturated heterocycles. The van der Waals surface area contributed by atoms with Crippen LogP contribution in [0.4, 0.5) is 0 Å². The van der Waals surface area contributed by atoms with Crippen LogP contribution >= 0.6 is 0 Å². The monoisotopic (exact) mass is 321 g/mol. The van der Waals surface area contributed by atoms with E-state index in [9.17, 15) is 4.79 Å². The van der Waals surface area contributed by atoms with Crippen LogP contribution in [0.25, 0.3) is 11.0 Å². The number of para-hydroxylation sites is 2. The lowest BCUT2D eigenvalue weighted by atomic mass is 10.2. The fraction of sp³-hybridized carbons (Fsp3) is 0.167. The van der Waals surface area contributed by atoms with Gasteiger partial charge in [-0.15, -0.1) is 0 Å². The fourth-order valence-electron chi connectivity index (χ4n) is 2.54. The number of benzene rings is 2. The Bertz CT molecular complexity index is 911. The minimum atomic E-state index is -0.261. The van der Waals surface area contributed by atoms with Crippen molar-refractivity contribution in [3.8, 4) is 11.5 Å². The molecule has 0 saturated carbocycles. The van der Waals surface area contributed by atoms with Gasteiger partial charge in [0.1, 0.15) is 18.9 Å². The molecule has 0 radical (unpaired) electrons. The summed E-state index contributed by atoms with van der Waals surface area (Å²) in [5, 5.41) is 2.85. The maximum Gasteiger partial charge on any atom is 0.271 e. The molecule has 120 valence electrons. The van der Waals surface area contributed by atoms with Crippen LogP contribution in [0.2, 0.25) is 0 Å². The summed E-state index contributed by atoms with van der Waals surface area (Å²) in [5.41, 5.74) is 2.69. The van der Waals surface area contributed by atoms with Crippen LogP contribution in [-0.4, -0.2) is 29.1 Å². The minimum absolute atomic E-state index is 0.261. The van der Waals surface area contributed by atoms with E-state index in [0.29, 0.717) is 36.7 Å². The van der Waals surface area contributed by atoms with Crippen molar-refractivity contribution >= 4 is 16.9 Å². The summed E-state index contributed by atoms with van der Waals surface area (Å²) in [6.07, 6.45) is 1.49. The molecule has 6 heteroatoms. The highest BCUT2D eigenvalue weighted by atomic mass is 16.6. The largest absolute Gasteiger partial charge is 0.486 e. The number of amides is 1. The van der Waals surface area contributed by atoms with E-state index in [1.807, 2.05) is 42.5 Å². The zero-order valence-corrected chi connectivity index (χ0v) is 12.9. The molecule has 4 rings (SSSR count). The summed E-state index contributed by atoms with van der Waals surface area (Å²) in [7, 11) is 0. The zero-order valence-electron chi connectivity index (χ0n) is 12.9. The second-order valence-electron chi connectivity index (χ2n) is 5.40. The maximum atomic E-state index is 12.3. The number of carbonyl (C=O) groups excluding carboxylic acids is 1. The molecule has 0 aliphatic carbocycles. The average Bonchev–Trinajstić information content (AvgIpc) is 2.65. The van der Waals surface area contributed by atoms with Gasteiger partial charge in [0, 0.05) is 6.54 Å². The lowest BCUT2D eigenvalue weighted by Crippen LogP contribution is -2.24. The summed E-state index contributed by atoms with van der Waals surface area (Å²) in [6, 6.07) is 13.1. The highest BCUT2D eigenvalue weighted by molar-refractivity contribution is 5.93. The third kappa shape index (κ3) is 2.86. The molecule has 1 aromatic heterocycles. The molecule has 0 bridgehead atoms. The lowest BCUT2D eigenvalue weighted by molar-refractivity contribution is 0.0946. The summed E-state index contributed by atoms with van der Waals surface area (Å²) in [4.78, 5) is 20.9. The Morgan fingerprint density at radius 3 is 2.71 bits per heavy atom. The van der Waals surface area contributed by atoms with E-state index in [1.54, 1.807) is 0 Å². The first-order valence-electron chi connectivity index (χ1n) is 7.68. The number of nitrogens with zero attached hydrogens (tertiary/aromatic N) is 2. The van der Waals surface area contributed by atoms with Crippen LogP contribution in [0.5, 0.6) is 11.5 Å². The van der Waals surface area contributed by atoms with Crippen LogP contribution in [0, 0.1) is 0 Å². The molecule has 1 aliphatic heterocycles. The third-order valence-corrected chi connectivity index (χ3v) is 3.74. The van der Waals surface area contributed by atoms with Crippen molar-refractivity contribution in [1.82, 2.24) is 15.3 Å². The number of rotatable bonds is 3. The van der Waals surface area contributed by atoms with Crippen LogP contribution in [0.3, 0.4) is 0 Å². The van der Waals surface area contributed by atoms with Crippen LogP contribution < -0.4 is 14.8 Å². The predicted octanol–water partition coefficient (Wildman–Crippen LogP) is 2.33. The summed E-state index contributed by atoms with van der Waals surface area (Å²) < 4.78 is 11.0.